The van der Waals surface area contributed by atoms with Crippen molar-refractivity contribution >= 4 is 10.0 Å². The maximum absolute atomic E-state index is 12.5. The molecule has 0 saturated carbocycles. The average Bonchev–Trinajstić information content (AvgIpc) is 3.33. The lowest BCUT2D eigenvalue weighted by Gasteiger charge is -2.11. The number of nitrogens with zero attached hydrogens (tertiary/aromatic N) is 2. The van der Waals surface area contributed by atoms with Gasteiger partial charge in [0.25, 0.3) is 0 Å². The van der Waals surface area contributed by atoms with Gasteiger partial charge in [0.1, 0.15) is 5.75 Å². The second kappa shape index (κ2) is 7.77. The Morgan fingerprint density at radius 3 is 2.86 bits per heavy atom. The van der Waals surface area contributed by atoms with Gasteiger partial charge < -0.3 is 4.74 Å². The molecule has 3 aromatic rings. The standard InChI is InChI=1S/C21H23N3O3S/c1-16-8-11-24(23-16)20-5-3-2-4-19(20)15-22-28(25,26)13-10-17-6-7-21-18(14-17)9-12-27-21/h2-8,11,14,22H,9-10,12-13,15H2,1H3. The van der Waals surface area contributed by atoms with E-state index in [9.17, 15) is 8.42 Å². The Balaban J connectivity index is 1.40. The van der Waals surface area contributed by atoms with E-state index in [1.807, 2.05) is 61.7 Å². The van der Waals surface area contributed by atoms with Crippen LogP contribution in [0.2, 0.25) is 0 Å². The molecule has 7 heteroatoms. The molecule has 1 aromatic heterocycles. The predicted octanol–water partition coefficient (Wildman–Crippen LogP) is 2.78. The van der Waals surface area contributed by atoms with Crippen molar-refractivity contribution in [1.29, 1.82) is 0 Å². The summed E-state index contributed by atoms with van der Waals surface area (Å²) in [4.78, 5) is 0. The molecule has 6 nitrogen and oxygen atoms in total. The van der Waals surface area contributed by atoms with Gasteiger partial charge in [-0.1, -0.05) is 30.3 Å². The van der Waals surface area contributed by atoms with E-state index in [2.05, 4.69) is 9.82 Å². The van der Waals surface area contributed by atoms with Crippen molar-refractivity contribution in [2.45, 2.75) is 26.3 Å². The summed E-state index contributed by atoms with van der Waals surface area (Å²) in [5, 5.41) is 4.42. The zero-order chi connectivity index (χ0) is 19.6. The third kappa shape index (κ3) is 4.26. The van der Waals surface area contributed by atoms with Crippen LogP contribution in [-0.4, -0.2) is 30.6 Å². The van der Waals surface area contributed by atoms with Crippen molar-refractivity contribution in [3.8, 4) is 11.4 Å². The molecule has 28 heavy (non-hydrogen) atoms. The van der Waals surface area contributed by atoms with Crippen molar-refractivity contribution in [1.82, 2.24) is 14.5 Å². The molecule has 4 rings (SSSR count). The maximum atomic E-state index is 12.5. The second-order valence-electron chi connectivity index (χ2n) is 6.96. The van der Waals surface area contributed by atoms with Crippen LogP contribution in [0.5, 0.6) is 5.75 Å². The SMILES string of the molecule is Cc1ccn(-c2ccccc2CNS(=O)(=O)CCc2ccc3c(c2)CCO3)n1. The Morgan fingerprint density at radius 1 is 1.18 bits per heavy atom. The van der Waals surface area contributed by atoms with Crippen LogP contribution < -0.4 is 9.46 Å². The molecule has 1 aliphatic heterocycles. The topological polar surface area (TPSA) is 73.2 Å². The van der Waals surface area contributed by atoms with Crippen LogP contribution in [-0.2, 0) is 29.4 Å². The zero-order valence-electron chi connectivity index (χ0n) is 15.8. The fraction of sp³-hybridized carbons (Fsp3) is 0.286. The highest BCUT2D eigenvalue weighted by Gasteiger charge is 2.15. The third-order valence-electron chi connectivity index (χ3n) is 4.86. The lowest BCUT2D eigenvalue weighted by Crippen LogP contribution is -2.27. The molecular weight excluding hydrogens is 374 g/mol. The van der Waals surface area contributed by atoms with Crippen LogP contribution in [0.4, 0.5) is 0 Å². The minimum Gasteiger partial charge on any atom is -0.493 e. The summed E-state index contributed by atoms with van der Waals surface area (Å²) in [5.41, 5.74) is 4.84. The predicted molar refractivity (Wildman–Crippen MR) is 108 cm³/mol. The van der Waals surface area contributed by atoms with E-state index in [1.165, 1.54) is 0 Å². The van der Waals surface area contributed by atoms with Crippen LogP contribution in [0.25, 0.3) is 5.69 Å². The van der Waals surface area contributed by atoms with Crippen molar-refractivity contribution in [3.05, 3.63) is 77.1 Å². The fourth-order valence-electron chi connectivity index (χ4n) is 3.34. The first-order valence-electron chi connectivity index (χ1n) is 9.33. The molecule has 0 aliphatic carbocycles. The van der Waals surface area contributed by atoms with E-state index in [-0.39, 0.29) is 12.3 Å². The van der Waals surface area contributed by atoms with E-state index in [0.29, 0.717) is 13.0 Å². The number of benzene rings is 2. The maximum Gasteiger partial charge on any atom is 0.212 e. The molecule has 2 aromatic carbocycles. The van der Waals surface area contributed by atoms with Gasteiger partial charge in [-0.05, 0) is 48.2 Å². The van der Waals surface area contributed by atoms with Gasteiger partial charge in [0.05, 0.1) is 23.7 Å². The van der Waals surface area contributed by atoms with E-state index in [4.69, 9.17) is 4.74 Å². The van der Waals surface area contributed by atoms with E-state index >= 15 is 0 Å². The van der Waals surface area contributed by atoms with Gasteiger partial charge >= 0.3 is 0 Å². The number of para-hydroxylation sites is 1. The summed E-state index contributed by atoms with van der Waals surface area (Å²) in [6.45, 7) is 2.86. The Labute approximate surface area is 165 Å². The number of sulfonamides is 1. The molecule has 0 atom stereocenters. The smallest absolute Gasteiger partial charge is 0.212 e. The number of aromatic nitrogens is 2. The molecule has 0 unspecified atom stereocenters. The molecule has 0 bridgehead atoms. The number of rotatable bonds is 7. The quantitative estimate of drug-likeness (QED) is 0.665. The third-order valence-corrected chi connectivity index (χ3v) is 6.18. The minimum absolute atomic E-state index is 0.0513. The highest BCUT2D eigenvalue weighted by Crippen LogP contribution is 2.26. The first kappa shape index (κ1) is 18.7. The Morgan fingerprint density at radius 2 is 2.04 bits per heavy atom. The average molecular weight is 398 g/mol. The Hall–Kier alpha value is -2.64. The van der Waals surface area contributed by atoms with E-state index < -0.39 is 10.0 Å². The Bertz CT molecular complexity index is 1090. The van der Waals surface area contributed by atoms with Crippen LogP contribution >= 0.6 is 0 Å². The van der Waals surface area contributed by atoms with Crippen molar-refractivity contribution in [2.75, 3.05) is 12.4 Å². The number of hydrogen-bond acceptors (Lipinski definition) is 4. The largest absolute Gasteiger partial charge is 0.493 e. The van der Waals surface area contributed by atoms with E-state index in [0.717, 1.165) is 40.2 Å². The highest BCUT2D eigenvalue weighted by atomic mass is 32.2. The first-order valence-corrected chi connectivity index (χ1v) is 11.0. The molecule has 0 amide bonds. The van der Waals surface area contributed by atoms with Crippen molar-refractivity contribution < 1.29 is 13.2 Å². The van der Waals surface area contributed by atoms with Gasteiger partial charge in [0.2, 0.25) is 10.0 Å². The summed E-state index contributed by atoms with van der Waals surface area (Å²) in [6.07, 6.45) is 3.24. The molecule has 1 aliphatic rings. The molecule has 0 spiro atoms. The molecule has 0 radical (unpaired) electrons. The monoisotopic (exact) mass is 397 g/mol. The number of fused-ring (bicyclic) bond motifs is 1. The summed E-state index contributed by atoms with van der Waals surface area (Å²) in [7, 11) is -3.40. The molecular formula is C21H23N3O3S. The number of nitrogens with one attached hydrogen (secondary N) is 1. The lowest BCUT2D eigenvalue weighted by atomic mass is 10.1. The summed E-state index contributed by atoms with van der Waals surface area (Å²) in [5.74, 6) is 0.963. The first-order chi connectivity index (χ1) is 13.5. The van der Waals surface area contributed by atoms with Gasteiger partial charge in [-0.2, -0.15) is 5.10 Å². The van der Waals surface area contributed by atoms with Crippen molar-refractivity contribution in [3.63, 3.8) is 0 Å². The minimum atomic E-state index is -3.40. The molecule has 146 valence electrons. The number of aryl methyl sites for hydroxylation is 2. The summed E-state index contributed by atoms with van der Waals surface area (Å²) < 4.78 is 35.0. The van der Waals surface area contributed by atoms with Gasteiger partial charge in [-0.15, -0.1) is 0 Å². The normalized spacial score (nSPS) is 13.3. The second-order valence-corrected chi connectivity index (χ2v) is 8.89. The number of ether oxygens (including phenoxy) is 1. The highest BCUT2D eigenvalue weighted by molar-refractivity contribution is 7.89. The summed E-state index contributed by atoms with van der Waals surface area (Å²) >= 11 is 0. The van der Waals surface area contributed by atoms with Crippen LogP contribution in [0.3, 0.4) is 0 Å². The van der Waals surface area contributed by atoms with Gasteiger partial charge in [-0.3, -0.25) is 0 Å². The number of hydrogen-bond donors (Lipinski definition) is 1. The van der Waals surface area contributed by atoms with E-state index in [1.54, 1.807) is 4.68 Å². The van der Waals surface area contributed by atoms with Crippen LogP contribution in [0.15, 0.2) is 54.7 Å². The summed E-state index contributed by atoms with van der Waals surface area (Å²) in [6, 6.07) is 15.5. The lowest BCUT2D eigenvalue weighted by molar-refractivity contribution is 0.357. The van der Waals surface area contributed by atoms with Crippen molar-refractivity contribution in [2.24, 2.45) is 0 Å². The molecule has 2 heterocycles. The molecule has 1 N–H and O–H groups in total. The molecule has 0 fully saturated rings. The van der Waals surface area contributed by atoms with Crippen LogP contribution in [0, 0.1) is 6.92 Å². The fourth-order valence-corrected chi connectivity index (χ4v) is 4.36. The zero-order valence-corrected chi connectivity index (χ0v) is 16.6. The van der Waals surface area contributed by atoms with Gasteiger partial charge in [-0.25, -0.2) is 17.8 Å². The van der Waals surface area contributed by atoms with Gasteiger partial charge in [0, 0.05) is 19.2 Å². The van der Waals surface area contributed by atoms with Crippen LogP contribution in [0.1, 0.15) is 22.4 Å². The molecule has 0 saturated heterocycles. The van der Waals surface area contributed by atoms with Gasteiger partial charge in [0.15, 0.2) is 0 Å². The Kier molecular flexibility index (Phi) is 5.19.